The molecule has 0 fully saturated rings. The molecule has 12 aromatic rings. The van der Waals surface area contributed by atoms with Crippen LogP contribution in [-0.4, -0.2) is 110 Å². The number of aryl methyl sites for hydroxylation is 1. The molecule has 0 amide bonds. The molecular formula is C90H82O19. The zero-order chi connectivity index (χ0) is 76.7. The number of para-hydroxylation sites is 1. The van der Waals surface area contributed by atoms with E-state index in [1.54, 1.807) is 154 Å². The first kappa shape index (κ1) is 74.0. The molecule has 8 atom stereocenters. The number of ketones is 1. The van der Waals surface area contributed by atoms with E-state index in [4.69, 9.17) is 33.2 Å². The smallest absolute Gasteiger partial charge is 0.167 e. The van der Waals surface area contributed by atoms with Crippen molar-refractivity contribution >= 4 is 5.78 Å². The lowest BCUT2D eigenvalue weighted by Gasteiger charge is -2.36. The van der Waals surface area contributed by atoms with Gasteiger partial charge in [-0.15, -0.1) is 0 Å². The van der Waals surface area contributed by atoms with E-state index >= 15 is 0 Å². The maximum atomic E-state index is 12.2. The molecule has 0 aromatic heterocycles. The Balaban J connectivity index is 0.000000128. The summed E-state index contributed by atoms with van der Waals surface area (Å²) < 4.78 is 40.0. The Morgan fingerprint density at radius 2 is 0.716 bits per heavy atom. The Hall–Kier alpha value is -13.3. The zero-order valence-corrected chi connectivity index (χ0v) is 60.2. The van der Waals surface area contributed by atoms with Crippen molar-refractivity contribution in [1.29, 1.82) is 0 Å². The first-order valence-electron chi connectivity index (χ1n) is 35.4. The summed E-state index contributed by atoms with van der Waals surface area (Å²) in [5.41, 5.74) is 12.1. The van der Waals surface area contributed by atoms with Gasteiger partial charge in [-0.3, -0.25) is 4.79 Å². The molecule has 12 aromatic carbocycles. The lowest BCUT2D eigenvalue weighted by molar-refractivity contribution is 0.101. The second kappa shape index (κ2) is 32.2. The summed E-state index contributed by atoms with van der Waals surface area (Å²) in [5, 5.41) is 110. The van der Waals surface area contributed by atoms with E-state index in [0.717, 1.165) is 72.5 Å². The van der Waals surface area contributed by atoms with E-state index in [1.807, 2.05) is 104 Å². The minimum absolute atomic E-state index is 0.0223. The van der Waals surface area contributed by atoms with Gasteiger partial charge in [-0.1, -0.05) is 109 Å². The predicted octanol–water partition coefficient (Wildman–Crippen LogP) is 17.3. The molecule has 19 heteroatoms. The highest BCUT2D eigenvalue weighted by molar-refractivity contribution is 6.00. The van der Waals surface area contributed by atoms with Crippen LogP contribution in [0.2, 0.25) is 0 Å². The fourth-order valence-corrected chi connectivity index (χ4v) is 15.5. The van der Waals surface area contributed by atoms with Crippen LogP contribution >= 0.6 is 0 Å². The number of methoxy groups -OCH3 is 3. The Kier molecular flexibility index (Phi) is 21.9. The summed E-state index contributed by atoms with van der Waals surface area (Å²) in [5.74, 6) is 4.76. The van der Waals surface area contributed by atoms with E-state index in [-0.39, 0.29) is 122 Å². The quantitative estimate of drug-likeness (QED) is 0.0507. The van der Waals surface area contributed by atoms with Gasteiger partial charge in [-0.05, 0) is 150 Å². The van der Waals surface area contributed by atoms with Gasteiger partial charge in [0.15, 0.2) is 5.78 Å². The molecule has 19 nitrogen and oxygen atoms in total. The molecule has 556 valence electrons. The number of hydrogen-bond acceptors (Lipinski definition) is 19. The van der Waals surface area contributed by atoms with Gasteiger partial charge in [0.1, 0.15) is 109 Å². The number of hydrogen-bond donors (Lipinski definition) is 11. The van der Waals surface area contributed by atoms with Crippen LogP contribution in [-0.2, 0) is 0 Å². The monoisotopic (exact) mass is 1470 g/mol. The van der Waals surface area contributed by atoms with E-state index in [0.29, 0.717) is 66.5 Å². The molecule has 109 heavy (non-hydrogen) atoms. The molecule has 4 heterocycles. The number of fused-ring (bicyclic) bond motifs is 4. The second-order valence-corrected chi connectivity index (χ2v) is 27.2. The molecule has 4 aliphatic rings. The lowest BCUT2D eigenvalue weighted by atomic mass is 9.74. The maximum Gasteiger partial charge on any atom is 0.167 e. The number of rotatable bonds is 12. The first-order chi connectivity index (χ1) is 52.7. The first-order valence-corrected chi connectivity index (χ1v) is 35.4. The van der Waals surface area contributed by atoms with E-state index in [9.17, 15) is 61.0 Å². The Morgan fingerprint density at radius 3 is 1.17 bits per heavy atom. The number of benzene rings is 12. The molecule has 0 saturated carbocycles. The Labute approximate surface area is 629 Å². The number of carbonyl (C=O) groups excluding carboxylic acids is 1. The highest BCUT2D eigenvalue weighted by atomic mass is 16.5. The Morgan fingerprint density at radius 1 is 0.321 bits per heavy atom. The minimum atomic E-state index is -0.345. The van der Waals surface area contributed by atoms with Crippen molar-refractivity contribution in [3.05, 3.63) is 321 Å². The summed E-state index contributed by atoms with van der Waals surface area (Å²) in [6.45, 7) is 4.92. The van der Waals surface area contributed by atoms with Gasteiger partial charge < -0.3 is 89.3 Å². The highest BCUT2D eigenvalue weighted by Crippen LogP contribution is 2.55. The third-order valence-electron chi connectivity index (χ3n) is 20.5. The van der Waals surface area contributed by atoms with Crippen molar-refractivity contribution in [3.8, 4) is 103 Å². The van der Waals surface area contributed by atoms with Crippen LogP contribution < -0.4 is 33.2 Å². The molecule has 11 N–H and O–H groups in total. The molecule has 8 unspecified atom stereocenters. The van der Waals surface area contributed by atoms with Crippen molar-refractivity contribution < 1.29 is 94.1 Å². The fraction of sp³-hybridized carbons (Fsp3) is 0.189. The summed E-state index contributed by atoms with van der Waals surface area (Å²) in [6.07, 6.45) is 0. The SMILES string of the molecule is COc1cc(O)cc(C)c1C1c2ccc(O)cc2OCC1c1ccc(O)cc1.COc1ccc(C2c3ccc(O)cc3OCC2c2ccc(O)cc2)c(O)c1C(C)=O.COc1cccc(C2c3ccc(O)cc3OCC2c2cccc(O)c2)c1.Oc1ccc(C2COc3cc(O)ccc3C2c2ccccc2O)cc1. The molecule has 4 aliphatic heterocycles. The van der Waals surface area contributed by atoms with Crippen LogP contribution in [0.3, 0.4) is 0 Å². The average Bonchev–Trinajstić information content (AvgIpc) is 0.771. The molecular weight excluding hydrogens is 1380 g/mol. The van der Waals surface area contributed by atoms with Crippen molar-refractivity contribution in [1.82, 2.24) is 0 Å². The number of phenols is 11. The highest BCUT2D eigenvalue weighted by Gasteiger charge is 2.40. The molecule has 0 spiro atoms. The molecule has 0 saturated heterocycles. The number of phenolic OH excluding ortho intramolecular Hbond substituents is 11. The summed E-state index contributed by atoms with van der Waals surface area (Å²) >= 11 is 0. The van der Waals surface area contributed by atoms with Gasteiger partial charge in [0.25, 0.3) is 0 Å². The van der Waals surface area contributed by atoms with Crippen LogP contribution in [0.5, 0.6) is 103 Å². The molecule has 0 aliphatic carbocycles. The van der Waals surface area contributed by atoms with Crippen LogP contribution in [0, 0.1) is 6.92 Å². The fourth-order valence-electron chi connectivity index (χ4n) is 15.5. The van der Waals surface area contributed by atoms with Crippen LogP contribution in [0.4, 0.5) is 0 Å². The topological polar surface area (TPSA) is 304 Å². The number of carbonyl (C=O) groups is 1. The zero-order valence-electron chi connectivity index (χ0n) is 60.2. The van der Waals surface area contributed by atoms with Crippen LogP contribution in [0.25, 0.3) is 0 Å². The normalized spacial score (nSPS) is 18.4. The maximum absolute atomic E-state index is 12.2. The predicted molar refractivity (Wildman–Crippen MR) is 410 cm³/mol. The number of Topliss-reactive ketones (excluding diaryl/α,β-unsaturated/α-hetero) is 1. The van der Waals surface area contributed by atoms with Gasteiger partial charge in [-0.2, -0.15) is 0 Å². The second-order valence-electron chi connectivity index (χ2n) is 27.2. The summed E-state index contributed by atoms with van der Waals surface area (Å²) in [4.78, 5) is 12.2. The van der Waals surface area contributed by atoms with Gasteiger partial charge in [0.05, 0.1) is 47.8 Å². The summed E-state index contributed by atoms with van der Waals surface area (Å²) in [7, 11) is 4.69. The van der Waals surface area contributed by atoms with E-state index in [2.05, 4.69) is 6.07 Å². The summed E-state index contributed by atoms with van der Waals surface area (Å²) in [6, 6.07) is 70.7. The van der Waals surface area contributed by atoms with Crippen LogP contribution in [0.15, 0.2) is 243 Å². The molecule has 0 bridgehead atoms. The minimum Gasteiger partial charge on any atom is -0.508 e. The average molecular weight is 1470 g/mol. The molecule has 0 radical (unpaired) electrons. The largest absolute Gasteiger partial charge is 0.508 e. The van der Waals surface area contributed by atoms with Crippen molar-refractivity contribution in [2.45, 2.75) is 61.2 Å². The third kappa shape index (κ3) is 15.8. The van der Waals surface area contributed by atoms with Crippen molar-refractivity contribution in [2.24, 2.45) is 0 Å². The van der Waals surface area contributed by atoms with Crippen molar-refractivity contribution in [3.63, 3.8) is 0 Å². The van der Waals surface area contributed by atoms with Gasteiger partial charge in [0, 0.05) is 117 Å². The standard InChI is InChI=1S/C24H22O6.C23H22O5.C22H20O4.C21H18O4/c1-13(25)22-20(29-2)10-9-18(24(22)28)23-17-8-7-16(27)11-21(17)30-12-19(23)14-3-5-15(26)6-4-14;1-13-9-17(26)11-21(27-2)22(13)23-18-8-7-16(25)10-20(18)28-12-19(23)14-3-5-15(24)6-4-14;1-25-18-7-3-5-15(11-18)22-19-9-8-17(24)12-21(19)26-13-20(22)14-4-2-6-16(23)10-14;22-14-7-5-13(6-8-14)18-12-25-20-11-15(23)9-10-17(20)21(18)16-3-1-2-4-19(16)24/h3-11,19,23,26-28H,12H2,1-2H3;3-11,19,23-26H,12H2,1-2H3;2-12,20,22-24H,13H2,1H3;1-11,18,21-24H,12H2. The van der Waals surface area contributed by atoms with Gasteiger partial charge >= 0.3 is 0 Å². The van der Waals surface area contributed by atoms with Crippen LogP contribution in [0.1, 0.15) is 137 Å². The van der Waals surface area contributed by atoms with Gasteiger partial charge in [-0.25, -0.2) is 0 Å². The lowest BCUT2D eigenvalue weighted by Crippen LogP contribution is -2.26. The Bertz CT molecular complexity index is 5250. The number of aromatic hydroxyl groups is 11. The van der Waals surface area contributed by atoms with Crippen molar-refractivity contribution in [2.75, 3.05) is 47.8 Å². The van der Waals surface area contributed by atoms with E-state index in [1.165, 1.54) is 14.0 Å². The molecule has 16 rings (SSSR count). The van der Waals surface area contributed by atoms with Gasteiger partial charge in [0.2, 0.25) is 0 Å². The van der Waals surface area contributed by atoms with E-state index < -0.39 is 0 Å². The third-order valence-corrected chi connectivity index (χ3v) is 20.5. The number of ether oxygens (including phenoxy) is 7.